The van der Waals surface area contributed by atoms with E-state index in [1.807, 2.05) is 0 Å². The Morgan fingerprint density at radius 2 is 2.17 bits per heavy atom. The number of hydrogen-bond acceptors (Lipinski definition) is 5. The Kier molecular flexibility index (Phi) is 4.24. The molecule has 23 heavy (non-hydrogen) atoms. The molecule has 0 bridgehead atoms. The quantitative estimate of drug-likeness (QED) is 0.913. The maximum atomic E-state index is 11.8. The Bertz CT molecular complexity index is 857. The van der Waals surface area contributed by atoms with Gasteiger partial charge in [-0.05, 0) is 37.3 Å². The largest absolute Gasteiger partial charge is 0.474 e. The van der Waals surface area contributed by atoms with E-state index in [-0.39, 0.29) is 18.2 Å². The third-order valence-electron chi connectivity index (χ3n) is 3.87. The topological polar surface area (TPSA) is 101 Å². The molecular formula is C16H16N4O3. The molecule has 0 unspecified atom stereocenters. The first-order valence-corrected chi connectivity index (χ1v) is 7.51. The number of nitrogens with zero attached hydrogens (tertiary/aromatic N) is 3. The molecule has 0 amide bonds. The zero-order valence-corrected chi connectivity index (χ0v) is 12.5. The minimum Gasteiger partial charge on any atom is -0.474 e. The van der Waals surface area contributed by atoms with Gasteiger partial charge in [-0.3, -0.25) is 14.3 Å². The van der Waals surface area contributed by atoms with Crippen LogP contribution in [0.15, 0.2) is 34.1 Å². The van der Waals surface area contributed by atoms with Crippen LogP contribution in [-0.2, 0) is 6.54 Å². The van der Waals surface area contributed by atoms with Gasteiger partial charge in [0, 0.05) is 18.5 Å². The van der Waals surface area contributed by atoms with Crippen LogP contribution in [0.1, 0.15) is 36.8 Å². The van der Waals surface area contributed by atoms with Crippen LogP contribution in [-0.4, -0.2) is 20.6 Å². The average molecular weight is 312 g/mol. The maximum Gasteiger partial charge on any atom is 0.328 e. The van der Waals surface area contributed by atoms with Crippen LogP contribution in [0.4, 0.5) is 0 Å². The van der Waals surface area contributed by atoms with Gasteiger partial charge in [0.25, 0.3) is 5.56 Å². The Hall–Kier alpha value is -2.88. The Morgan fingerprint density at radius 3 is 2.91 bits per heavy atom. The second-order valence-electron chi connectivity index (χ2n) is 5.57. The summed E-state index contributed by atoms with van der Waals surface area (Å²) in [4.78, 5) is 29.6. The molecule has 118 valence electrons. The molecule has 3 rings (SSSR count). The summed E-state index contributed by atoms with van der Waals surface area (Å²) < 4.78 is 7.13. The van der Waals surface area contributed by atoms with E-state index < -0.39 is 11.2 Å². The van der Waals surface area contributed by atoms with Crippen LogP contribution < -0.4 is 16.0 Å². The zero-order chi connectivity index (χ0) is 16.2. The van der Waals surface area contributed by atoms with Gasteiger partial charge in [0.2, 0.25) is 5.88 Å². The van der Waals surface area contributed by atoms with Gasteiger partial charge in [-0.15, -0.1) is 0 Å². The molecule has 0 aliphatic heterocycles. The molecule has 2 heterocycles. The van der Waals surface area contributed by atoms with E-state index in [4.69, 9.17) is 10.00 Å². The standard InChI is InChI=1S/C16H16N4O3/c17-8-12-10-20(16(22)19-15(12)21)9-11-5-6-18-14(7-11)23-13-3-1-2-4-13/h5-7,10,13H,1-4,9H2,(H,19,21,22). The van der Waals surface area contributed by atoms with E-state index in [0.29, 0.717) is 5.88 Å². The van der Waals surface area contributed by atoms with E-state index >= 15 is 0 Å². The molecule has 7 nitrogen and oxygen atoms in total. The second kappa shape index (κ2) is 6.48. The number of hydrogen-bond donors (Lipinski definition) is 1. The number of H-pyrrole nitrogens is 1. The summed E-state index contributed by atoms with van der Waals surface area (Å²) in [7, 11) is 0. The lowest BCUT2D eigenvalue weighted by molar-refractivity contribution is 0.201. The zero-order valence-electron chi connectivity index (χ0n) is 12.5. The van der Waals surface area contributed by atoms with Gasteiger partial charge in [0.1, 0.15) is 17.7 Å². The lowest BCUT2D eigenvalue weighted by atomic mass is 10.2. The predicted octanol–water partition coefficient (Wildman–Crippen LogP) is 1.17. The average Bonchev–Trinajstić information content (AvgIpc) is 3.03. The van der Waals surface area contributed by atoms with Crippen LogP contribution in [0.2, 0.25) is 0 Å². The number of aromatic nitrogens is 3. The summed E-state index contributed by atoms with van der Waals surface area (Å²) in [5.74, 6) is 0.535. The molecule has 1 N–H and O–H groups in total. The highest BCUT2D eigenvalue weighted by molar-refractivity contribution is 5.24. The van der Waals surface area contributed by atoms with Crippen LogP contribution in [0.25, 0.3) is 0 Å². The molecule has 7 heteroatoms. The predicted molar refractivity (Wildman–Crippen MR) is 82.3 cm³/mol. The lowest BCUT2D eigenvalue weighted by Crippen LogP contribution is -2.31. The van der Waals surface area contributed by atoms with Crippen LogP contribution in [0, 0.1) is 11.3 Å². The van der Waals surface area contributed by atoms with Gasteiger partial charge in [-0.1, -0.05) is 0 Å². The van der Waals surface area contributed by atoms with Crippen molar-refractivity contribution >= 4 is 0 Å². The van der Waals surface area contributed by atoms with Gasteiger partial charge in [0.05, 0.1) is 6.54 Å². The first kappa shape index (κ1) is 15.0. The highest BCUT2D eigenvalue weighted by Gasteiger charge is 2.17. The summed E-state index contributed by atoms with van der Waals surface area (Å²) in [5, 5.41) is 8.89. The first-order chi connectivity index (χ1) is 11.2. The van der Waals surface area contributed by atoms with Crippen molar-refractivity contribution in [2.45, 2.75) is 38.3 Å². The number of nitriles is 1. The fourth-order valence-corrected chi connectivity index (χ4v) is 2.69. The molecule has 0 atom stereocenters. The Morgan fingerprint density at radius 1 is 1.39 bits per heavy atom. The molecule has 0 radical (unpaired) electrons. The maximum absolute atomic E-state index is 11.8. The van der Waals surface area contributed by atoms with E-state index in [9.17, 15) is 9.59 Å². The third kappa shape index (κ3) is 3.48. The van der Waals surface area contributed by atoms with E-state index in [1.54, 1.807) is 24.4 Å². The number of pyridine rings is 1. The van der Waals surface area contributed by atoms with Crippen molar-refractivity contribution in [3.63, 3.8) is 0 Å². The minimum atomic E-state index is -0.672. The van der Waals surface area contributed by atoms with Crippen LogP contribution >= 0.6 is 0 Å². The van der Waals surface area contributed by atoms with E-state index in [1.165, 1.54) is 23.6 Å². The molecule has 1 aliphatic rings. The smallest absolute Gasteiger partial charge is 0.328 e. The van der Waals surface area contributed by atoms with Crippen molar-refractivity contribution in [2.24, 2.45) is 0 Å². The molecule has 0 saturated heterocycles. The normalized spacial score (nSPS) is 14.6. The number of ether oxygens (including phenoxy) is 1. The lowest BCUT2D eigenvalue weighted by Gasteiger charge is -2.13. The van der Waals surface area contributed by atoms with Gasteiger partial charge in [-0.25, -0.2) is 9.78 Å². The van der Waals surface area contributed by atoms with Crippen LogP contribution in [0.3, 0.4) is 0 Å². The summed E-state index contributed by atoms with van der Waals surface area (Å²) >= 11 is 0. The Balaban J connectivity index is 1.82. The molecule has 1 aliphatic carbocycles. The molecular weight excluding hydrogens is 296 g/mol. The van der Waals surface area contributed by atoms with Crippen molar-refractivity contribution in [3.8, 4) is 11.9 Å². The second-order valence-corrected chi connectivity index (χ2v) is 5.57. The molecule has 0 spiro atoms. The number of nitrogens with one attached hydrogen (secondary N) is 1. The SMILES string of the molecule is N#Cc1cn(Cc2ccnc(OC3CCCC3)c2)c(=O)[nH]c1=O. The van der Waals surface area contributed by atoms with Crippen molar-refractivity contribution in [1.29, 1.82) is 5.26 Å². The summed E-state index contributed by atoms with van der Waals surface area (Å²) in [6.07, 6.45) is 7.52. The minimum absolute atomic E-state index is 0.0962. The molecule has 0 aromatic carbocycles. The van der Waals surface area contributed by atoms with Crippen molar-refractivity contribution < 1.29 is 4.74 Å². The van der Waals surface area contributed by atoms with Crippen LogP contribution in [0.5, 0.6) is 5.88 Å². The monoisotopic (exact) mass is 312 g/mol. The first-order valence-electron chi connectivity index (χ1n) is 7.51. The van der Waals surface area contributed by atoms with Gasteiger partial charge in [-0.2, -0.15) is 5.26 Å². The molecule has 1 saturated carbocycles. The van der Waals surface area contributed by atoms with Gasteiger partial charge >= 0.3 is 5.69 Å². The van der Waals surface area contributed by atoms with Gasteiger partial charge in [0.15, 0.2) is 0 Å². The Labute approximate surface area is 132 Å². The van der Waals surface area contributed by atoms with Crippen molar-refractivity contribution in [3.05, 3.63) is 56.5 Å². The fraction of sp³-hybridized carbons (Fsp3) is 0.375. The van der Waals surface area contributed by atoms with Crippen molar-refractivity contribution in [1.82, 2.24) is 14.5 Å². The fourth-order valence-electron chi connectivity index (χ4n) is 2.69. The van der Waals surface area contributed by atoms with E-state index in [2.05, 4.69) is 9.97 Å². The number of rotatable bonds is 4. The summed E-state index contributed by atoms with van der Waals surface area (Å²) in [6, 6.07) is 5.32. The highest BCUT2D eigenvalue weighted by Crippen LogP contribution is 2.23. The molecule has 2 aromatic heterocycles. The highest BCUT2D eigenvalue weighted by atomic mass is 16.5. The summed E-state index contributed by atoms with van der Waals surface area (Å²) in [6.45, 7) is 0.230. The van der Waals surface area contributed by atoms with Crippen molar-refractivity contribution in [2.75, 3.05) is 0 Å². The molecule has 2 aromatic rings. The third-order valence-corrected chi connectivity index (χ3v) is 3.87. The summed E-state index contributed by atoms with van der Waals surface area (Å²) in [5.41, 5.74) is -0.509. The van der Waals surface area contributed by atoms with E-state index in [0.717, 1.165) is 18.4 Å². The number of aromatic amines is 1. The van der Waals surface area contributed by atoms with Gasteiger partial charge < -0.3 is 4.74 Å². The molecule has 1 fully saturated rings.